The maximum absolute atomic E-state index is 10.5. The summed E-state index contributed by atoms with van der Waals surface area (Å²) in [6, 6.07) is 0.125. The molecule has 0 aliphatic heterocycles. The summed E-state index contributed by atoms with van der Waals surface area (Å²) in [4.78, 5) is 10.5. The van der Waals surface area contributed by atoms with E-state index < -0.39 is 0 Å². The van der Waals surface area contributed by atoms with Crippen LogP contribution in [-0.2, 0) is 4.79 Å². The van der Waals surface area contributed by atoms with Crippen molar-refractivity contribution in [2.45, 2.75) is 25.3 Å². The van der Waals surface area contributed by atoms with Crippen LogP contribution in [0.15, 0.2) is 0 Å². The number of Topliss-reactive ketones (excluding diaryl/α,β-unsaturated/α-hetero) is 1. The second-order valence-electron chi connectivity index (χ2n) is 2.06. The van der Waals surface area contributed by atoms with Crippen molar-refractivity contribution in [1.82, 2.24) is 0 Å². The summed E-state index contributed by atoms with van der Waals surface area (Å²) in [5, 5.41) is 0. The Hall–Kier alpha value is -0.370. The van der Waals surface area contributed by atoms with Gasteiger partial charge in [-0.15, -0.1) is 0 Å². The number of hydrogen-bond donors (Lipinski definition) is 1. The molecule has 7 heavy (non-hydrogen) atoms. The Morgan fingerprint density at radius 3 is 2.57 bits per heavy atom. The molecule has 0 bridgehead atoms. The molecule has 0 heterocycles. The SMILES string of the molecule is [NH3+]C1CCCC1=O. The monoisotopic (exact) mass is 100 g/mol. The highest BCUT2D eigenvalue weighted by molar-refractivity contribution is 5.84. The first-order valence-corrected chi connectivity index (χ1v) is 2.66. The summed E-state index contributed by atoms with van der Waals surface area (Å²) in [5.41, 5.74) is 3.67. The lowest BCUT2D eigenvalue weighted by atomic mass is 10.3. The number of rotatable bonds is 0. The molecule has 2 heteroatoms. The Morgan fingerprint density at radius 1 is 1.71 bits per heavy atom. The fourth-order valence-corrected chi connectivity index (χ4v) is 0.888. The zero-order valence-corrected chi connectivity index (χ0v) is 4.31. The molecule has 0 spiro atoms. The largest absolute Gasteiger partial charge is 0.349 e. The van der Waals surface area contributed by atoms with Crippen LogP contribution in [0.3, 0.4) is 0 Å². The Labute approximate surface area is 42.7 Å². The molecule has 0 amide bonds. The van der Waals surface area contributed by atoms with Crippen molar-refractivity contribution < 1.29 is 10.5 Å². The van der Waals surface area contributed by atoms with Crippen LogP contribution >= 0.6 is 0 Å². The smallest absolute Gasteiger partial charge is 0.189 e. The van der Waals surface area contributed by atoms with E-state index in [1.807, 2.05) is 0 Å². The molecule has 0 aromatic heterocycles. The summed E-state index contributed by atoms with van der Waals surface area (Å²) >= 11 is 0. The van der Waals surface area contributed by atoms with Gasteiger partial charge >= 0.3 is 0 Å². The molecule has 1 unspecified atom stereocenters. The molecule has 2 nitrogen and oxygen atoms in total. The molecule has 1 aliphatic rings. The van der Waals surface area contributed by atoms with E-state index in [2.05, 4.69) is 5.73 Å². The molecule has 40 valence electrons. The number of ketones is 1. The molecular formula is C5H10NO+. The Balaban J connectivity index is 2.48. The van der Waals surface area contributed by atoms with Crippen molar-refractivity contribution in [2.24, 2.45) is 0 Å². The fourth-order valence-electron chi connectivity index (χ4n) is 0.888. The summed E-state index contributed by atoms with van der Waals surface area (Å²) < 4.78 is 0. The standard InChI is InChI=1S/C5H9NO/c6-4-2-1-3-5(4)7/h4H,1-3,6H2/p+1. The fraction of sp³-hybridized carbons (Fsp3) is 0.800. The first-order valence-electron chi connectivity index (χ1n) is 2.66. The van der Waals surface area contributed by atoms with Crippen molar-refractivity contribution >= 4 is 5.78 Å². The van der Waals surface area contributed by atoms with E-state index in [4.69, 9.17) is 0 Å². The molecule has 0 aromatic carbocycles. The van der Waals surface area contributed by atoms with Gasteiger partial charge < -0.3 is 5.73 Å². The van der Waals surface area contributed by atoms with Gasteiger partial charge in [-0.3, -0.25) is 4.79 Å². The van der Waals surface area contributed by atoms with E-state index in [0.717, 1.165) is 19.3 Å². The first-order chi connectivity index (χ1) is 3.30. The number of hydrogen-bond acceptors (Lipinski definition) is 1. The van der Waals surface area contributed by atoms with Crippen LogP contribution in [0.25, 0.3) is 0 Å². The van der Waals surface area contributed by atoms with Crippen LogP contribution in [0, 0.1) is 0 Å². The average molecular weight is 100 g/mol. The third-order valence-electron chi connectivity index (χ3n) is 1.43. The summed E-state index contributed by atoms with van der Waals surface area (Å²) in [6.45, 7) is 0. The summed E-state index contributed by atoms with van der Waals surface area (Å²) in [6.07, 6.45) is 2.85. The third kappa shape index (κ3) is 0.800. The predicted molar refractivity (Wildman–Crippen MR) is 25.5 cm³/mol. The zero-order chi connectivity index (χ0) is 5.28. The van der Waals surface area contributed by atoms with E-state index in [0.29, 0.717) is 5.78 Å². The molecular weight excluding hydrogens is 90.1 g/mol. The highest BCUT2D eigenvalue weighted by atomic mass is 16.1. The number of quaternary nitrogens is 1. The van der Waals surface area contributed by atoms with Gasteiger partial charge in [0.05, 0.1) is 0 Å². The van der Waals surface area contributed by atoms with Gasteiger partial charge in [-0.25, -0.2) is 0 Å². The highest BCUT2D eigenvalue weighted by Crippen LogP contribution is 2.09. The van der Waals surface area contributed by atoms with Gasteiger partial charge in [0.1, 0.15) is 6.04 Å². The minimum Gasteiger partial charge on any atom is -0.349 e. The van der Waals surface area contributed by atoms with Crippen molar-refractivity contribution in [2.75, 3.05) is 0 Å². The van der Waals surface area contributed by atoms with Gasteiger partial charge in [0.15, 0.2) is 5.78 Å². The highest BCUT2D eigenvalue weighted by Gasteiger charge is 2.22. The Bertz CT molecular complexity index is 90.1. The minimum absolute atomic E-state index is 0.125. The normalized spacial score (nSPS) is 31.6. The number of carbonyl (C=O) groups is 1. The topological polar surface area (TPSA) is 44.7 Å². The Morgan fingerprint density at radius 2 is 2.43 bits per heavy atom. The predicted octanol–water partition coefficient (Wildman–Crippen LogP) is -0.650. The first kappa shape index (κ1) is 4.78. The minimum atomic E-state index is 0.125. The van der Waals surface area contributed by atoms with E-state index in [1.54, 1.807) is 0 Å². The molecule has 1 rings (SSSR count). The lowest BCUT2D eigenvalue weighted by Crippen LogP contribution is -2.62. The van der Waals surface area contributed by atoms with E-state index in [-0.39, 0.29) is 6.04 Å². The van der Waals surface area contributed by atoms with Crippen molar-refractivity contribution in [3.8, 4) is 0 Å². The molecule has 1 atom stereocenters. The van der Waals surface area contributed by atoms with Gasteiger partial charge in [0, 0.05) is 12.8 Å². The maximum atomic E-state index is 10.5. The third-order valence-corrected chi connectivity index (χ3v) is 1.43. The van der Waals surface area contributed by atoms with Crippen LogP contribution in [0.4, 0.5) is 0 Å². The van der Waals surface area contributed by atoms with Crippen molar-refractivity contribution in [3.05, 3.63) is 0 Å². The van der Waals surface area contributed by atoms with Crippen LogP contribution in [-0.4, -0.2) is 11.8 Å². The molecule has 0 saturated heterocycles. The van der Waals surface area contributed by atoms with Crippen LogP contribution < -0.4 is 5.73 Å². The lowest BCUT2D eigenvalue weighted by Gasteiger charge is -1.88. The van der Waals surface area contributed by atoms with Gasteiger partial charge in [0.2, 0.25) is 0 Å². The van der Waals surface area contributed by atoms with Crippen LogP contribution in [0.5, 0.6) is 0 Å². The van der Waals surface area contributed by atoms with Gasteiger partial charge in [-0.1, -0.05) is 0 Å². The van der Waals surface area contributed by atoms with Gasteiger partial charge in [0.25, 0.3) is 0 Å². The zero-order valence-electron chi connectivity index (χ0n) is 4.31. The maximum Gasteiger partial charge on any atom is 0.189 e. The Kier molecular flexibility index (Phi) is 1.11. The average Bonchev–Trinajstić information content (AvgIpc) is 1.91. The summed E-state index contributed by atoms with van der Waals surface area (Å²) in [5.74, 6) is 0.347. The second-order valence-corrected chi connectivity index (χ2v) is 2.06. The molecule has 1 fully saturated rings. The molecule has 1 aliphatic carbocycles. The second kappa shape index (κ2) is 1.62. The molecule has 0 aromatic rings. The molecule has 1 saturated carbocycles. The molecule has 3 N–H and O–H groups in total. The van der Waals surface area contributed by atoms with Gasteiger partial charge in [-0.05, 0) is 6.42 Å². The quantitative estimate of drug-likeness (QED) is 0.432. The van der Waals surface area contributed by atoms with E-state index >= 15 is 0 Å². The summed E-state index contributed by atoms with van der Waals surface area (Å²) in [7, 11) is 0. The van der Waals surface area contributed by atoms with Crippen molar-refractivity contribution in [1.29, 1.82) is 0 Å². The lowest BCUT2D eigenvalue weighted by molar-refractivity contribution is -0.401. The van der Waals surface area contributed by atoms with Gasteiger partial charge in [-0.2, -0.15) is 0 Å². The molecule has 0 radical (unpaired) electrons. The van der Waals surface area contributed by atoms with Crippen LogP contribution in [0.1, 0.15) is 19.3 Å². The van der Waals surface area contributed by atoms with E-state index in [1.165, 1.54) is 0 Å². The van der Waals surface area contributed by atoms with E-state index in [9.17, 15) is 4.79 Å². The van der Waals surface area contributed by atoms with Crippen LogP contribution in [0.2, 0.25) is 0 Å². The number of carbonyl (C=O) groups excluding carboxylic acids is 1. The van der Waals surface area contributed by atoms with Crippen molar-refractivity contribution in [3.63, 3.8) is 0 Å².